The SMILES string of the molecule is [Cl-].[Cl-].c1c[c]([Zr+2][c]2cc[nH]n2)n[nH]1. The summed E-state index contributed by atoms with van der Waals surface area (Å²) in [6.07, 6.45) is 3.70. The molecule has 2 rings (SSSR count). The molecule has 0 amide bonds. The molecule has 2 heterocycles. The number of halogens is 2. The summed E-state index contributed by atoms with van der Waals surface area (Å²) in [5, 5.41) is 13.8. The molecule has 0 spiro atoms. The number of hydrogen-bond acceptors (Lipinski definition) is 2. The summed E-state index contributed by atoms with van der Waals surface area (Å²) in [4.78, 5) is 0. The van der Waals surface area contributed by atoms with Gasteiger partial charge in [-0.05, 0) is 0 Å². The third-order valence-corrected chi connectivity index (χ3v) is 3.89. The van der Waals surface area contributed by atoms with Crippen molar-refractivity contribution >= 4 is 6.80 Å². The van der Waals surface area contributed by atoms with Gasteiger partial charge < -0.3 is 24.8 Å². The van der Waals surface area contributed by atoms with E-state index in [4.69, 9.17) is 0 Å². The molecule has 13 heavy (non-hydrogen) atoms. The fourth-order valence-electron chi connectivity index (χ4n) is 0.791. The van der Waals surface area contributed by atoms with E-state index in [1.54, 1.807) is 0 Å². The Labute approximate surface area is 99.3 Å². The van der Waals surface area contributed by atoms with Gasteiger partial charge in [0.25, 0.3) is 0 Å². The van der Waals surface area contributed by atoms with Crippen molar-refractivity contribution < 1.29 is 48.0 Å². The molecule has 0 saturated carbocycles. The van der Waals surface area contributed by atoms with E-state index < -0.39 is 23.2 Å². The van der Waals surface area contributed by atoms with Gasteiger partial charge in [-0.25, -0.2) is 0 Å². The van der Waals surface area contributed by atoms with Crippen LogP contribution in [-0.4, -0.2) is 20.4 Å². The average Bonchev–Trinajstić information content (AvgIpc) is 2.60. The number of rotatable bonds is 2. The molecule has 0 atom stereocenters. The van der Waals surface area contributed by atoms with Crippen LogP contribution in [0.15, 0.2) is 24.5 Å². The van der Waals surface area contributed by atoms with E-state index in [-0.39, 0.29) is 24.8 Å². The van der Waals surface area contributed by atoms with E-state index in [2.05, 4.69) is 20.4 Å². The first kappa shape index (κ1) is 12.9. The van der Waals surface area contributed by atoms with Crippen LogP contribution >= 0.6 is 0 Å². The van der Waals surface area contributed by atoms with Crippen molar-refractivity contribution in [2.75, 3.05) is 0 Å². The van der Waals surface area contributed by atoms with Crippen LogP contribution in [0, 0.1) is 0 Å². The van der Waals surface area contributed by atoms with E-state index in [1.165, 1.54) is 6.80 Å². The second kappa shape index (κ2) is 6.35. The van der Waals surface area contributed by atoms with E-state index in [0.717, 1.165) is 0 Å². The van der Waals surface area contributed by atoms with Crippen LogP contribution in [-0.2, 0) is 23.2 Å². The number of H-pyrrole nitrogens is 2. The predicted molar refractivity (Wildman–Crippen MR) is 36.4 cm³/mol. The normalized spacial score (nSPS) is 8.00. The van der Waals surface area contributed by atoms with Crippen LogP contribution < -0.4 is 31.6 Å². The Morgan fingerprint density at radius 3 is 1.69 bits per heavy atom. The summed E-state index contributed by atoms with van der Waals surface area (Å²) in [5.74, 6) is 0. The summed E-state index contributed by atoms with van der Waals surface area (Å²) in [6, 6.07) is 4.03. The number of nitrogens with zero attached hydrogens (tertiary/aromatic N) is 2. The van der Waals surface area contributed by atoms with Crippen molar-refractivity contribution in [2.45, 2.75) is 0 Å². The van der Waals surface area contributed by atoms with Crippen molar-refractivity contribution in [3.63, 3.8) is 0 Å². The molecule has 7 heteroatoms. The zero-order valence-corrected chi connectivity index (χ0v) is 10.4. The topological polar surface area (TPSA) is 57.4 Å². The van der Waals surface area contributed by atoms with E-state index >= 15 is 0 Å². The van der Waals surface area contributed by atoms with Crippen molar-refractivity contribution in [1.29, 1.82) is 0 Å². The van der Waals surface area contributed by atoms with Crippen LogP contribution in [0.2, 0.25) is 0 Å². The molecule has 2 N–H and O–H groups in total. The second-order valence-corrected chi connectivity index (χ2v) is 5.18. The van der Waals surface area contributed by atoms with Crippen molar-refractivity contribution in [3.05, 3.63) is 24.5 Å². The van der Waals surface area contributed by atoms with Gasteiger partial charge in [0.15, 0.2) is 0 Å². The maximum absolute atomic E-state index is 4.09. The maximum atomic E-state index is 4.09. The van der Waals surface area contributed by atoms with Crippen molar-refractivity contribution in [3.8, 4) is 0 Å². The van der Waals surface area contributed by atoms with Crippen LogP contribution in [0.3, 0.4) is 0 Å². The van der Waals surface area contributed by atoms with Gasteiger partial charge in [0.05, 0.1) is 0 Å². The Balaban J connectivity index is 0.000000720. The fourth-order valence-corrected chi connectivity index (χ4v) is 2.85. The minimum absolute atomic E-state index is 0. The summed E-state index contributed by atoms with van der Waals surface area (Å²) in [7, 11) is 0. The summed E-state index contributed by atoms with van der Waals surface area (Å²) in [5.41, 5.74) is 0. The first-order valence-corrected chi connectivity index (χ1v) is 5.67. The summed E-state index contributed by atoms with van der Waals surface area (Å²) >= 11 is -0.707. The molecule has 2 aromatic rings. The zero-order chi connectivity index (χ0) is 7.52. The zero-order valence-electron chi connectivity index (χ0n) is 6.46. The monoisotopic (exact) mass is 294 g/mol. The number of aromatic amines is 2. The van der Waals surface area contributed by atoms with Gasteiger partial charge in [-0.3, -0.25) is 0 Å². The molecule has 0 bridgehead atoms. The standard InChI is InChI=1S/2C3H3N2.2ClH.Zr/c2*1-2-4-5-3-1;;;/h2*1-2H,(H,4,5);2*1H;/q;;;;+2/p-2. The first-order valence-electron chi connectivity index (χ1n) is 3.22. The third-order valence-electron chi connectivity index (χ3n) is 1.26. The molecule has 0 aliphatic heterocycles. The van der Waals surface area contributed by atoms with Crippen LogP contribution in [0.4, 0.5) is 0 Å². The average molecular weight is 296 g/mol. The quantitative estimate of drug-likeness (QED) is 0.579. The second-order valence-electron chi connectivity index (χ2n) is 2.04. The van der Waals surface area contributed by atoms with Crippen LogP contribution in [0.5, 0.6) is 0 Å². The van der Waals surface area contributed by atoms with Crippen molar-refractivity contribution in [2.24, 2.45) is 0 Å². The Morgan fingerprint density at radius 1 is 0.923 bits per heavy atom. The Morgan fingerprint density at radius 2 is 1.38 bits per heavy atom. The molecule has 0 radical (unpaired) electrons. The van der Waals surface area contributed by atoms with Gasteiger partial charge in [-0.2, -0.15) is 0 Å². The molecule has 0 aliphatic rings. The van der Waals surface area contributed by atoms with Gasteiger partial charge in [-0.15, -0.1) is 0 Å². The molecule has 0 fully saturated rings. The summed E-state index contributed by atoms with van der Waals surface area (Å²) < 4.78 is 2.36. The Hall–Kier alpha value is -0.117. The Kier molecular flexibility index (Phi) is 6.30. The first-order chi connectivity index (χ1) is 5.45. The van der Waals surface area contributed by atoms with E-state index in [1.807, 2.05) is 24.5 Å². The minimum atomic E-state index is -0.707. The number of aromatic nitrogens is 4. The molecular weight excluding hydrogens is 290 g/mol. The third kappa shape index (κ3) is 3.63. The Bertz CT molecular complexity index is 275. The molecule has 4 nitrogen and oxygen atoms in total. The molecule has 0 saturated heterocycles. The van der Waals surface area contributed by atoms with Gasteiger partial charge in [-0.1, -0.05) is 0 Å². The predicted octanol–water partition coefficient (Wildman–Crippen LogP) is -6.83. The molecule has 0 aliphatic carbocycles. The van der Waals surface area contributed by atoms with Crippen LogP contribution in [0.1, 0.15) is 0 Å². The van der Waals surface area contributed by atoms with Crippen LogP contribution in [0.25, 0.3) is 0 Å². The van der Waals surface area contributed by atoms with E-state index in [9.17, 15) is 0 Å². The van der Waals surface area contributed by atoms with E-state index in [0.29, 0.717) is 0 Å². The molecule has 0 aromatic carbocycles. The molecule has 68 valence electrons. The molecule has 0 unspecified atom stereocenters. The van der Waals surface area contributed by atoms with Crippen molar-refractivity contribution in [1.82, 2.24) is 20.4 Å². The van der Waals surface area contributed by atoms with Gasteiger partial charge >= 0.3 is 75.0 Å². The van der Waals surface area contributed by atoms with Gasteiger partial charge in [0, 0.05) is 0 Å². The fraction of sp³-hybridized carbons (Fsp3) is 0. The van der Waals surface area contributed by atoms with Gasteiger partial charge in [0.1, 0.15) is 0 Å². The van der Waals surface area contributed by atoms with Gasteiger partial charge in [0.2, 0.25) is 0 Å². The molecular formula is C6H6Cl2N4Zr. The number of hydrogen-bond donors (Lipinski definition) is 2. The number of nitrogens with one attached hydrogen (secondary N) is 2. The molecule has 2 aromatic heterocycles. The summed E-state index contributed by atoms with van der Waals surface area (Å²) in [6.45, 7) is 0.